The number of aromatic nitrogens is 2. The fourth-order valence-corrected chi connectivity index (χ4v) is 2.11. The molecule has 106 valence electrons. The molecule has 0 saturated carbocycles. The lowest BCUT2D eigenvalue weighted by molar-refractivity contribution is -0.141. The lowest BCUT2D eigenvalue weighted by Gasteiger charge is -2.36. The summed E-state index contributed by atoms with van der Waals surface area (Å²) in [5.41, 5.74) is -1.83. The Balaban J connectivity index is 2.24. The van der Waals surface area contributed by atoms with Crippen molar-refractivity contribution in [2.24, 2.45) is 0 Å². The third-order valence-corrected chi connectivity index (χ3v) is 3.31. The van der Waals surface area contributed by atoms with Gasteiger partial charge < -0.3 is 10.0 Å². The fraction of sp³-hybridized carbons (Fsp3) is 0.636. The lowest BCUT2D eigenvalue weighted by Crippen LogP contribution is -2.42. The van der Waals surface area contributed by atoms with Crippen molar-refractivity contribution in [3.05, 3.63) is 17.0 Å². The third kappa shape index (κ3) is 3.48. The van der Waals surface area contributed by atoms with Crippen molar-refractivity contribution in [3.8, 4) is 0 Å². The second kappa shape index (κ2) is 4.79. The van der Waals surface area contributed by atoms with Gasteiger partial charge >= 0.3 is 6.18 Å². The molecule has 19 heavy (non-hydrogen) atoms. The molecule has 1 aliphatic heterocycles. The van der Waals surface area contributed by atoms with Gasteiger partial charge in [-0.1, -0.05) is 0 Å². The highest BCUT2D eigenvalue weighted by molar-refractivity contribution is 6.28. The number of rotatable bonds is 1. The summed E-state index contributed by atoms with van der Waals surface area (Å²) < 4.78 is 37.9. The first kappa shape index (κ1) is 14.3. The van der Waals surface area contributed by atoms with Crippen LogP contribution in [-0.4, -0.2) is 33.8 Å². The van der Waals surface area contributed by atoms with Crippen LogP contribution in [0.25, 0.3) is 0 Å². The third-order valence-electron chi connectivity index (χ3n) is 3.14. The van der Waals surface area contributed by atoms with Crippen LogP contribution in [-0.2, 0) is 6.18 Å². The Labute approximate surface area is 113 Å². The maximum atomic E-state index is 12.6. The molecule has 0 aromatic carbocycles. The standard InChI is InChI=1S/C11H13ClF3N3O/c1-10(19)2-4-18(5-3-10)8-6-7(11(13,14)15)16-9(12)17-8/h6,19H,2-5H2,1H3. The minimum atomic E-state index is -4.55. The first-order chi connectivity index (χ1) is 8.67. The maximum Gasteiger partial charge on any atom is 0.433 e. The first-order valence-corrected chi connectivity index (χ1v) is 6.14. The first-order valence-electron chi connectivity index (χ1n) is 5.76. The van der Waals surface area contributed by atoms with Gasteiger partial charge in [0.05, 0.1) is 5.60 Å². The van der Waals surface area contributed by atoms with E-state index in [1.54, 1.807) is 11.8 Å². The van der Waals surface area contributed by atoms with Crippen LogP contribution < -0.4 is 4.90 Å². The monoisotopic (exact) mass is 295 g/mol. The van der Waals surface area contributed by atoms with Gasteiger partial charge in [0, 0.05) is 19.2 Å². The van der Waals surface area contributed by atoms with Gasteiger partial charge in [-0.05, 0) is 31.4 Å². The predicted molar refractivity (Wildman–Crippen MR) is 64.1 cm³/mol. The zero-order valence-corrected chi connectivity index (χ0v) is 11.0. The van der Waals surface area contributed by atoms with Crippen LogP contribution in [0.2, 0.25) is 5.28 Å². The molecule has 0 bridgehead atoms. The van der Waals surface area contributed by atoms with E-state index in [2.05, 4.69) is 9.97 Å². The average Bonchev–Trinajstić information content (AvgIpc) is 2.26. The second-order valence-electron chi connectivity index (χ2n) is 4.86. The number of alkyl halides is 3. The molecule has 1 saturated heterocycles. The molecule has 1 fully saturated rings. The summed E-state index contributed by atoms with van der Waals surface area (Å²) in [5, 5.41) is 9.38. The quantitative estimate of drug-likeness (QED) is 0.809. The number of piperidine rings is 1. The summed E-state index contributed by atoms with van der Waals surface area (Å²) in [6, 6.07) is 0.881. The van der Waals surface area contributed by atoms with Crippen molar-refractivity contribution in [1.29, 1.82) is 0 Å². The normalized spacial score (nSPS) is 19.6. The summed E-state index contributed by atoms with van der Waals surface area (Å²) in [6.07, 6.45) is -3.62. The lowest BCUT2D eigenvalue weighted by atomic mass is 9.94. The highest BCUT2D eigenvalue weighted by Gasteiger charge is 2.35. The van der Waals surface area contributed by atoms with E-state index in [0.29, 0.717) is 25.9 Å². The number of hydrogen-bond acceptors (Lipinski definition) is 4. The van der Waals surface area contributed by atoms with Crippen molar-refractivity contribution in [3.63, 3.8) is 0 Å². The Hall–Kier alpha value is -1.08. The van der Waals surface area contributed by atoms with Gasteiger partial charge in [-0.3, -0.25) is 0 Å². The van der Waals surface area contributed by atoms with E-state index in [1.165, 1.54) is 0 Å². The molecule has 2 heterocycles. The van der Waals surface area contributed by atoms with Crippen molar-refractivity contribution < 1.29 is 18.3 Å². The SMILES string of the molecule is CC1(O)CCN(c2cc(C(F)(F)F)nc(Cl)n2)CC1. The van der Waals surface area contributed by atoms with Gasteiger partial charge in [0.2, 0.25) is 5.28 Å². The predicted octanol–water partition coefficient (Wildman–Crippen LogP) is 2.50. The summed E-state index contributed by atoms with van der Waals surface area (Å²) in [4.78, 5) is 8.67. The zero-order chi connectivity index (χ0) is 14.3. The summed E-state index contributed by atoms with van der Waals surface area (Å²) in [5.74, 6) is 0.142. The van der Waals surface area contributed by atoms with Crippen molar-refractivity contribution >= 4 is 17.4 Å². The van der Waals surface area contributed by atoms with E-state index < -0.39 is 22.8 Å². The Morgan fingerprint density at radius 3 is 2.42 bits per heavy atom. The van der Waals surface area contributed by atoms with E-state index in [4.69, 9.17) is 11.6 Å². The molecule has 2 rings (SSSR count). The molecule has 1 aromatic rings. The molecule has 0 radical (unpaired) electrons. The van der Waals surface area contributed by atoms with Crippen molar-refractivity contribution in [1.82, 2.24) is 9.97 Å². The molecule has 0 spiro atoms. The molecule has 1 aliphatic rings. The maximum absolute atomic E-state index is 12.6. The number of halogens is 4. The number of aliphatic hydroxyl groups is 1. The summed E-state index contributed by atoms with van der Waals surface area (Å²) >= 11 is 5.53. The molecular formula is C11H13ClF3N3O. The number of nitrogens with zero attached hydrogens (tertiary/aromatic N) is 3. The van der Waals surface area contributed by atoms with Gasteiger partial charge in [0.1, 0.15) is 5.82 Å². The zero-order valence-electron chi connectivity index (χ0n) is 10.2. The molecule has 1 N–H and O–H groups in total. The molecule has 0 aliphatic carbocycles. The molecule has 8 heteroatoms. The van der Waals surface area contributed by atoms with E-state index in [-0.39, 0.29) is 5.82 Å². The molecule has 4 nitrogen and oxygen atoms in total. The van der Waals surface area contributed by atoms with Crippen LogP contribution in [0, 0.1) is 0 Å². The smallest absolute Gasteiger partial charge is 0.390 e. The van der Waals surface area contributed by atoms with E-state index in [0.717, 1.165) is 6.07 Å². The number of hydrogen-bond donors (Lipinski definition) is 1. The van der Waals surface area contributed by atoms with Gasteiger partial charge in [-0.2, -0.15) is 13.2 Å². The van der Waals surface area contributed by atoms with Crippen LogP contribution in [0.4, 0.5) is 19.0 Å². The minimum absolute atomic E-state index is 0.142. The van der Waals surface area contributed by atoms with Crippen molar-refractivity contribution in [2.45, 2.75) is 31.5 Å². The molecule has 0 atom stereocenters. The second-order valence-corrected chi connectivity index (χ2v) is 5.20. The van der Waals surface area contributed by atoms with E-state index in [1.807, 2.05) is 0 Å². The summed E-state index contributed by atoms with van der Waals surface area (Å²) in [7, 11) is 0. The Morgan fingerprint density at radius 2 is 1.89 bits per heavy atom. The topological polar surface area (TPSA) is 49.2 Å². The van der Waals surface area contributed by atoms with Gasteiger partial charge in [0.15, 0.2) is 5.69 Å². The van der Waals surface area contributed by atoms with Crippen LogP contribution in [0.3, 0.4) is 0 Å². The highest BCUT2D eigenvalue weighted by atomic mass is 35.5. The molecule has 1 aromatic heterocycles. The molecular weight excluding hydrogens is 283 g/mol. The van der Waals surface area contributed by atoms with E-state index in [9.17, 15) is 18.3 Å². The Morgan fingerprint density at radius 1 is 1.32 bits per heavy atom. The highest BCUT2D eigenvalue weighted by Crippen LogP contribution is 2.32. The van der Waals surface area contributed by atoms with Crippen molar-refractivity contribution in [2.75, 3.05) is 18.0 Å². The Bertz CT molecular complexity index is 469. The largest absolute Gasteiger partial charge is 0.433 e. The summed E-state index contributed by atoms with van der Waals surface area (Å²) in [6.45, 7) is 2.56. The number of anilines is 1. The van der Waals surface area contributed by atoms with E-state index >= 15 is 0 Å². The van der Waals surface area contributed by atoms with Crippen LogP contribution in [0.15, 0.2) is 6.07 Å². The average molecular weight is 296 g/mol. The molecule has 0 amide bonds. The Kier molecular flexibility index (Phi) is 3.61. The van der Waals surface area contributed by atoms with Crippen LogP contribution in [0.5, 0.6) is 0 Å². The van der Waals surface area contributed by atoms with Gasteiger partial charge in [0.25, 0.3) is 0 Å². The minimum Gasteiger partial charge on any atom is -0.390 e. The van der Waals surface area contributed by atoms with Gasteiger partial charge in [-0.25, -0.2) is 9.97 Å². The van der Waals surface area contributed by atoms with Crippen LogP contribution >= 0.6 is 11.6 Å². The molecule has 0 unspecified atom stereocenters. The fourth-order valence-electron chi connectivity index (χ4n) is 1.93. The van der Waals surface area contributed by atoms with Gasteiger partial charge in [-0.15, -0.1) is 0 Å². The van der Waals surface area contributed by atoms with Crippen LogP contribution in [0.1, 0.15) is 25.5 Å².